The second kappa shape index (κ2) is 8.00. The van der Waals surface area contributed by atoms with Crippen LogP contribution < -0.4 is 20.9 Å². The van der Waals surface area contributed by atoms with E-state index < -0.39 is 6.04 Å². The number of hydrogen-bond acceptors (Lipinski definition) is 5. The number of anilines is 2. The van der Waals surface area contributed by atoms with Crippen molar-refractivity contribution in [2.24, 2.45) is 11.1 Å². The number of amides is 1. The van der Waals surface area contributed by atoms with Crippen LogP contribution in [-0.2, 0) is 4.79 Å². The molecule has 1 amide bonds. The Morgan fingerprint density at radius 3 is 2.37 bits per heavy atom. The molecule has 6 nitrogen and oxygen atoms in total. The number of likely N-dealkylation sites (N-methyl/N-ethyl adjacent to an activating group) is 1. The average Bonchev–Trinajstić information content (AvgIpc) is 3.52. The Hall–Kier alpha value is -1.86. The fourth-order valence-corrected chi connectivity index (χ4v) is 4.50. The van der Waals surface area contributed by atoms with Gasteiger partial charge in [-0.1, -0.05) is 20.8 Å². The summed E-state index contributed by atoms with van der Waals surface area (Å²) in [5.74, 6) is -0.364. The summed E-state index contributed by atoms with van der Waals surface area (Å²) in [6, 6.07) is 3.42. The number of nitrogens with zero attached hydrogens (tertiary/aromatic N) is 3. The number of benzene rings is 1. The number of carbonyl (C=O) groups excluding carboxylic acids is 1. The Morgan fingerprint density at radius 2 is 1.77 bits per heavy atom. The number of halogens is 1. The molecule has 0 radical (unpaired) electrons. The fourth-order valence-electron chi connectivity index (χ4n) is 4.50. The molecule has 0 spiro atoms. The van der Waals surface area contributed by atoms with Crippen molar-refractivity contribution < 1.29 is 9.18 Å². The van der Waals surface area contributed by atoms with E-state index >= 15 is 4.39 Å². The highest BCUT2D eigenvalue weighted by Gasteiger charge is 2.38. The molecule has 1 unspecified atom stereocenters. The molecule has 2 atom stereocenters. The van der Waals surface area contributed by atoms with Crippen LogP contribution in [0, 0.1) is 11.2 Å². The molecule has 166 valence electrons. The molecule has 0 aromatic heterocycles. The van der Waals surface area contributed by atoms with Crippen molar-refractivity contribution in [3.05, 3.63) is 23.5 Å². The summed E-state index contributed by atoms with van der Waals surface area (Å²) in [5, 5.41) is 3.12. The highest BCUT2D eigenvalue weighted by molar-refractivity contribution is 5.83. The zero-order chi connectivity index (χ0) is 21.6. The zero-order valence-corrected chi connectivity index (χ0v) is 18.7. The van der Waals surface area contributed by atoms with E-state index in [0.29, 0.717) is 11.7 Å². The summed E-state index contributed by atoms with van der Waals surface area (Å²) in [6.07, 6.45) is 3.15. The van der Waals surface area contributed by atoms with Crippen molar-refractivity contribution in [2.75, 3.05) is 49.6 Å². The molecule has 1 aromatic rings. The van der Waals surface area contributed by atoms with Crippen molar-refractivity contribution in [1.29, 1.82) is 0 Å². The lowest BCUT2D eigenvalue weighted by molar-refractivity contribution is -0.125. The van der Waals surface area contributed by atoms with Crippen molar-refractivity contribution in [1.82, 2.24) is 10.2 Å². The first-order valence-electron chi connectivity index (χ1n) is 11.2. The average molecular weight is 418 g/mol. The minimum absolute atomic E-state index is 0.165. The molecular weight excluding hydrogens is 381 g/mol. The smallest absolute Gasteiger partial charge is 0.237 e. The normalized spacial score (nSPS) is 23.9. The number of rotatable bonds is 4. The largest absolute Gasteiger partial charge is 0.368 e. The van der Waals surface area contributed by atoms with Crippen LogP contribution in [0.3, 0.4) is 0 Å². The summed E-state index contributed by atoms with van der Waals surface area (Å²) in [7, 11) is 2.10. The van der Waals surface area contributed by atoms with E-state index in [1.807, 2.05) is 26.8 Å². The van der Waals surface area contributed by atoms with Gasteiger partial charge in [0.2, 0.25) is 5.91 Å². The molecule has 1 aliphatic carbocycles. The van der Waals surface area contributed by atoms with Crippen LogP contribution in [0.1, 0.15) is 51.6 Å². The Labute approximate surface area is 179 Å². The van der Waals surface area contributed by atoms with Crippen LogP contribution in [0.5, 0.6) is 0 Å². The summed E-state index contributed by atoms with van der Waals surface area (Å²) in [5.41, 5.74) is 8.50. The molecule has 2 heterocycles. The maximum Gasteiger partial charge on any atom is 0.237 e. The molecule has 3 N–H and O–H groups in total. The second-order valence-electron chi connectivity index (χ2n) is 10.3. The predicted octanol–water partition coefficient (Wildman–Crippen LogP) is 2.48. The highest BCUT2D eigenvalue weighted by atomic mass is 19.1. The standard InChI is InChI=1S/C23H36FN5O/c1-23(2,3)21(25)22(30)26-18-7-8-29(15-5-6-15)19-14-20(17(24)13-16(18)19)28-11-9-27(4)10-12-28/h13-15,18,21H,5-12,25H2,1-4H3,(H,26,30)/t18?,21-/m1/s1. The quantitative estimate of drug-likeness (QED) is 0.788. The number of carbonyl (C=O) groups is 1. The van der Waals surface area contributed by atoms with Gasteiger partial charge in [0, 0.05) is 50.0 Å². The van der Waals surface area contributed by atoms with Crippen LogP contribution in [0.25, 0.3) is 0 Å². The summed E-state index contributed by atoms with van der Waals surface area (Å²) in [6.45, 7) is 10.3. The third-order valence-electron chi connectivity index (χ3n) is 6.80. The number of piperazine rings is 1. The molecule has 7 heteroatoms. The topological polar surface area (TPSA) is 64.8 Å². The van der Waals surface area contributed by atoms with Gasteiger partial charge in [0.05, 0.1) is 17.8 Å². The number of hydrogen-bond donors (Lipinski definition) is 2. The first-order valence-corrected chi connectivity index (χ1v) is 11.2. The molecule has 2 fully saturated rings. The third-order valence-corrected chi connectivity index (χ3v) is 6.80. The van der Waals surface area contributed by atoms with E-state index in [1.54, 1.807) is 6.07 Å². The van der Waals surface area contributed by atoms with Crippen molar-refractivity contribution in [3.63, 3.8) is 0 Å². The minimum Gasteiger partial charge on any atom is -0.368 e. The Bertz CT molecular complexity index is 796. The summed E-state index contributed by atoms with van der Waals surface area (Å²) < 4.78 is 15.3. The van der Waals surface area contributed by atoms with Gasteiger partial charge < -0.3 is 25.8 Å². The van der Waals surface area contributed by atoms with Crippen molar-refractivity contribution in [3.8, 4) is 0 Å². The van der Waals surface area contributed by atoms with E-state index in [9.17, 15) is 4.79 Å². The number of nitrogens with one attached hydrogen (secondary N) is 1. The van der Waals surface area contributed by atoms with Gasteiger partial charge in [-0.25, -0.2) is 4.39 Å². The number of fused-ring (bicyclic) bond motifs is 1. The first kappa shape index (κ1) is 21.4. The van der Waals surface area contributed by atoms with E-state index in [0.717, 1.165) is 50.4 Å². The first-order chi connectivity index (χ1) is 14.1. The maximum atomic E-state index is 15.3. The van der Waals surface area contributed by atoms with Gasteiger partial charge in [0.25, 0.3) is 0 Å². The summed E-state index contributed by atoms with van der Waals surface area (Å²) in [4.78, 5) is 19.6. The van der Waals surface area contributed by atoms with Crippen molar-refractivity contribution >= 4 is 17.3 Å². The Balaban J connectivity index is 1.62. The highest BCUT2D eigenvalue weighted by Crippen LogP contribution is 2.43. The Morgan fingerprint density at radius 1 is 1.10 bits per heavy atom. The van der Waals surface area contributed by atoms with Crippen molar-refractivity contribution in [2.45, 2.75) is 58.2 Å². The molecule has 30 heavy (non-hydrogen) atoms. The predicted molar refractivity (Wildman–Crippen MR) is 119 cm³/mol. The van der Waals surface area contributed by atoms with Gasteiger partial charge in [0.15, 0.2) is 0 Å². The fraction of sp³-hybridized carbons (Fsp3) is 0.696. The van der Waals surface area contributed by atoms with Gasteiger partial charge in [0.1, 0.15) is 5.82 Å². The van der Waals surface area contributed by atoms with Crippen LogP contribution in [0.4, 0.5) is 15.8 Å². The molecule has 1 aromatic carbocycles. The lowest BCUT2D eigenvalue weighted by Gasteiger charge is -2.39. The molecule has 0 bridgehead atoms. The monoisotopic (exact) mass is 417 g/mol. The van der Waals surface area contributed by atoms with Gasteiger partial charge in [-0.3, -0.25) is 4.79 Å². The van der Waals surface area contributed by atoms with Crippen LogP contribution in [-0.4, -0.2) is 62.7 Å². The zero-order valence-electron chi connectivity index (χ0n) is 18.7. The van der Waals surface area contributed by atoms with Gasteiger partial charge in [-0.15, -0.1) is 0 Å². The third kappa shape index (κ3) is 4.28. The maximum absolute atomic E-state index is 15.3. The van der Waals surface area contributed by atoms with Gasteiger partial charge in [-0.05, 0) is 43.9 Å². The minimum atomic E-state index is -0.600. The number of nitrogens with two attached hydrogens (primary N) is 1. The molecule has 1 saturated carbocycles. The van der Waals surface area contributed by atoms with Gasteiger partial charge in [-0.2, -0.15) is 0 Å². The Kier molecular flexibility index (Phi) is 5.70. The molecule has 4 rings (SSSR count). The molecule has 1 saturated heterocycles. The van der Waals surface area contributed by atoms with E-state index in [4.69, 9.17) is 5.73 Å². The van der Waals surface area contributed by atoms with E-state index in [-0.39, 0.29) is 23.2 Å². The van der Waals surface area contributed by atoms with Gasteiger partial charge >= 0.3 is 0 Å². The molecule has 2 aliphatic heterocycles. The molecule has 3 aliphatic rings. The SMILES string of the molecule is CN1CCN(c2cc3c(cc2F)C(NC(=O)[C@@H](N)C(C)(C)C)CCN3C2CC2)CC1. The van der Waals surface area contributed by atoms with Crippen LogP contribution in [0.15, 0.2) is 12.1 Å². The second-order valence-corrected chi connectivity index (χ2v) is 10.3. The van der Waals surface area contributed by atoms with E-state index in [2.05, 4.69) is 27.1 Å². The van der Waals surface area contributed by atoms with E-state index in [1.165, 1.54) is 12.8 Å². The van der Waals surface area contributed by atoms with Crippen LogP contribution in [0.2, 0.25) is 0 Å². The van der Waals surface area contributed by atoms with Crippen LogP contribution >= 0.6 is 0 Å². The lowest BCUT2D eigenvalue weighted by Crippen LogP contribution is -2.50. The lowest BCUT2D eigenvalue weighted by atomic mass is 9.86. The summed E-state index contributed by atoms with van der Waals surface area (Å²) >= 11 is 0. The molecular formula is C23H36FN5O.